The minimum absolute atomic E-state index is 0.0279. The first-order valence-corrected chi connectivity index (χ1v) is 22.2. The van der Waals surface area contributed by atoms with E-state index in [1.807, 2.05) is 6.92 Å². The summed E-state index contributed by atoms with van der Waals surface area (Å²) in [6.07, 6.45) is 5.87. The molecule has 0 saturated carbocycles. The van der Waals surface area contributed by atoms with E-state index in [-0.39, 0.29) is 43.8 Å². The van der Waals surface area contributed by atoms with Crippen LogP contribution < -0.4 is 22.1 Å². The second-order valence-electron chi connectivity index (χ2n) is 11.9. The number of benzene rings is 4. The highest BCUT2D eigenvalue weighted by molar-refractivity contribution is 7.90. The van der Waals surface area contributed by atoms with E-state index in [2.05, 4.69) is 27.4 Å². The van der Waals surface area contributed by atoms with Gasteiger partial charge in [0.15, 0.2) is 0 Å². The minimum Gasteiger partial charge on any atom is -0.402 e. The fourth-order valence-electron chi connectivity index (χ4n) is 4.60. The molecule has 0 heterocycles. The van der Waals surface area contributed by atoms with Gasteiger partial charge in [-0.2, -0.15) is 43.9 Å². The number of amides is 1. The van der Waals surface area contributed by atoms with Gasteiger partial charge in [0.1, 0.15) is 9.79 Å². The number of rotatable bonds is 14. The van der Waals surface area contributed by atoms with Gasteiger partial charge in [0.25, 0.3) is 46.4 Å². The average molecular weight is 891 g/mol. The maximum absolute atomic E-state index is 13.0. The first-order chi connectivity index (χ1) is 27.3. The number of carbonyl (C=O) groups excluding carboxylic acids is 1. The quantitative estimate of drug-likeness (QED) is 0.0296. The fourth-order valence-corrected chi connectivity index (χ4v) is 6.88. The van der Waals surface area contributed by atoms with E-state index in [1.54, 1.807) is 25.1 Å². The van der Waals surface area contributed by atoms with Crippen LogP contribution in [0.25, 0.3) is 5.70 Å². The van der Waals surface area contributed by atoms with Crippen LogP contribution in [-0.4, -0.2) is 57.8 Å². The van der Waals surface area contributed by atoms with Gasteiger partial charge >= 0.3 is 0 Å². The van der Waals surface area contributed by atoms with Crippen molar-refractivity contribution in [3.63, 3.8) is 0 Å². The predicted molar refractivity (Wildman–Crippen MR) is 221 cm³/mol. The van der Waals surface area contributed by atoms with Crippen molar-refractivity contribution in [1.82, 2.24) is 0 Å². The Balaban J connectivity index is 0.000000671. The molecule has 314 valence electrons. The second kappa shape index (κ2) is 19.6. The number of hydrogen-bond donors (Lipinski definition) is 8. The molecule has 23 heteroatoms. The summed E-state index contributed by atoms with van der Waals surface area (Å²) in [4.78, 5) is 11.3. The van der Waals surface area contributed by atoms with E-state index in [0.717, 1.165) is 30.3 Å². The summed E-state index contributed by atoms with van der Waals surface area (Å²) in [7, 11) is -18.0. The number of allylic oxidation sites excluding steroid dienone is 5. The molecular weight excluding hydrogens is 853 g/mol. The Morgan fingerprint density at radius 2 is 1.20 bits per heavy atom. The molecule has 0 aromatic heterocycles. The average Bonchev–Trinajstić information content (AvgIpc) is 3.13. The first kappa shape index (κ1) is 47.3. The maximum Gasteiger partial charge on any atom is 0.296 e. The summed E-state index contributed by atoms with van der Waals surface area (Å²) in [6, 6.07) is 18.1. The normalized spacial score (nSPS) is 13.0. The highest BCUT2D eigenvalue weighted by Gasteiger charge is 2.20. The zero-order valence-electron chi connectivity index (χ0n) is 31.0. The van der Waals surface area contributed by atoms with Crippen molar-refractivity contribution in [2.75, 3.05) is 16.4 Å². The maximum atomic E-state index is 13.0. The Bertz CT molecular complexity index is 2800. The molecule has 0 unspecified atom stereocenters. The lowest BCUT2D eigenvalue weighted by atomic mass is 10.1. The van der Waals surface area contributed by atoms with Crippen LogP contribution in [-0.2, 0) is 40.5 Å². The predicted octanol–water partition coefficient (Wildman–Crippen LogP) is 6.35. The summed E-state index contributed by atoms with van der Waals surface area (Å²) >= 11 is 0. The van der Waals surface area contributed by atoms with Gasteiger partial charge in [0, 0.05) is 22.6 Å². The second-order valence-corrected chi connectivity index (χ2v) is 17.5. The largest absolute Gasteiger partial charge is 0.402 e. The third-order valence-electron chi connectivity index (χ3n) is 7.34. The van der Waals surface area contributed by atoms with Crippen LogP contribution in [0.4, 0.5) is 28.4 Å². The lowest BCUT2D eigenvalue weighted by Crippen LogP contribution is -2.15. The molecule has 0 saturated heterocycles. The Kier molecular flexibility index (Phi) is 15.7. The monoisotopic (exact) mass is 890 g/mol. The fraction of sp³-hybridized carbons (Fsp3) is 0.0833. The molecule has 0 aliphatic heterocycles. The van der Waals surface area contributed by atoms with E-state index in [4.69, 9.17) is 20.6 Å². The summed E-state index contributed by atoms with van der Waals surface area (Å²) in [5.41, 5.74) is 12.6. The van der Waals surface area contributed by atoms with Crippen molar-refractivity contribution in [3.8, 4) is 0 Å². The minimum atomic E-state index is -4.85. The molecule has 19 nitrogen and oxygen atoms in total. The summed E-state index contributed by atoms with van der Waals surface area (Å²) in [5, 5.41) is 13.1. The lowest BCUT2D eigenvalue weighted by molar-refractivity contribution is 0.102. The zero-order chi connectivity index (χ0) is 44.3. The smallest absolute Gasteiger partial charge is 0.296 e. The van der Waals surface area contributed by atoms with Gasteiger partial charge in [-0.3, -0.25) is 23.0 Å². The summed E-state index contributed by atoms with van der Waals surface area (Å²) < 4.78 is 129. The van der Waals surface area contributed by atoms with Gasteiger partial charge in [0.2, 0.25) is 0 Å². The molecule has 0 bridgehead atoms. The highest BCUT2D eigenvalue weighted by Crippen LogP contribution is 2.30. The molecule has 4 aromatic carbocycles. The van der Waals surface area contributed by atoms with Crippen LogP contribution in [0.5, 0.6) is 0 Å². The van der Waals surface area contributed by atoms with Gasteiger partial charge in [-0.25, -0.2) is 0 Å². The SMILES string of the molecule is C=C/C(=C\C=C(/C)N)S(=O)(=O)O.CC/C=C(/Nc1ccc(N)cc1S(=O)(=O)O)c1ccc(C(=O)Nc2ccc(N=Nc3ccc(S(=O)(=O)O)cc3)cc2S(=O)(=O)O)cc1. The number of nitrogens with two attached hydrogens (primary N) is 2. The topological polar surface area (TPSA) is 335 Å². The standard InChI is InChI=1S/C29H27N5O10S3.C7H11NO3S/c1-2-3-24(31-25-14-8-20(30)16-27(25)46(39,40)41)18-4-6-19(7-5-18)29(35)32-26-15-11-22(17-28(26)47(42,43)44)34-33-21-9-12-23(13-10-21)45(36,37)38;1-3-7(12(9,10)11)5-4-6(2)8/h3-17,31H,2,30H2,1H3,(H,32,35)(H,36,37,38)(H,39,40,41)(H,42,43,44);3-5H,1,8H2,2H3,(H,9,10,11)/b24-3+,34-33?;6-4+,7-5+. The van der Waals surface area contributed by atoms with E-state index >= 15 is 0 Å². The van der Waals surface area contributed by atoms with E-state index in [1.165, 1.54) is 60.7 Å². The van der Waals surface area contributed by atoms with Crippen molar-refractivity contribution in [2.45, 2.75) is 35.0 Å². The Labute approximate surface area is 340 Å². The molecule has 4 aromatic rings. The van der Waals surface area contributed by atoms with Crippen molar-refractivity contribution in [1.29, 1.82) is 0 Å². The molecule has 0 aliphatic carbocycles. The molecule has 0 atom stereocenters. The number of nitrogen functional groups attached to an aromatic ring is 1. The molecule has 0 fully saturated rings. The molecule has 59 heavy (non-hydrogen) atoms. The highest BCUT2D eigenvalue weighted by atomic mass is 32.2. The zero-order valence-corrected chi connectivity index (χ0v) is 34.2. The number of nitrogens with one attached hydrogen (secondary N) is 2. The number of anilines is 3. The van der Waals surface area contributed by atoms with E-state index in [9.17, 15) is 47.6 Å². The third kappa shape index (κ3) is 14.4. The van der Waals surface area contributed by atoms with Gasteiger partial charge in [-0.1, -0.05) is 31.7 Å². The molecule has 10 N–H and O–H groups in total. The molecule has 0 aliphatic rings. The molecule has 0 radical (unpaired) electrons. The Hall–Kier alpha value is -6.05. The van der Waals surface area contributed by atoms with Crippen LogP contribution in [0.15, 0.2) is 151 Å². The van der Waals surface area contributed by atoms with Crippen molar-refractivity contribution in [3.05, 3.63) is 138 Å². The van der Waals surface area contributed by atoms with E-state index < -0.39 is 56.2 Å². The summed E-state index contributed by atoms with van der Waals surface area (Å²) in [5.74, 6) is -0.726. The molecule has 4 rings (SSSR count). The Morgan fingerprint density at radius 3 is 1.71 bits per heavy atom. The van der Waals surface area contributed by atoms with Gasteiger partial charge in [0.05, 0.1) is 32.6 Å². The number of nitrogens with zero attached hydrogens (tertiary/aromatic N) is 2. The van der Waals surface area contributed by atoms with Crippen LogP contribution in [0, 0.1) is 0 Å². The van der Waals surface area contributed by atoms with Gasteiger partial charge in [-0.15, -0.1) is 0 Å². The first-order valence-electron chi connectivity index (χ1n) is 16.4. The lowest BCUT2D eigenvalue weighted by Gasteiger charge is -2.15. The van der Waals surface area contributed by atoms with Crippen molar-refractivity contribution >= 4 is 80.5 Å². The van der Waals surface area contributed by atoms with Gasteiger partial charge < -0.3 is 22.1 Å². The van der Waals surface area contributed by atoms with Crippen molar-refractivity contribution in [2.24, 2.45) is 16.0 Å². The molecule has 1 amide bonds. The van der Waals surface area contributed by atoms with Crippen LogP contribution >= 0.6 is 0 Å². The van der Waals surface area contributed by atoms with Crippen LogP contribution in [0.1, 0.15) is 36.2 Å². The number of hydrogen-bond acceptors (Lipinski definition) is 14. The number of azo groups is 1. The van der Waals surface area contributed by atoms with Gasteiger partial charge in [-0.05, 0) is 110 Å². The summed E-state index contributed by atoms with van der Waals surface area (Å²) in [6.45, 7) is 6.67. The third-order valence-corrected chi connectivity index (χ3v) is 10.9. The molecular formula is C36H38N6O13S4. The Morgan fingerprint density at radius 1 is 0.695 bits per heavy atom. The van der Waals surface area contributed by atoms with E-state index in [0.29, 0.717) is 23.4 Å². The van der Waals surface area contributed by atoms with Crippen LogP contribution in [0.2, 0.25) is 0 Å². The van der Waals surface area contributed by atoms with Crippen LogP contribution in [0.3, 0.4) is 0 Å². The molecule has 0 spiro atoms. The number of carbonyl (C=O) groups is 1. The van der Waals surface area contributed by atoms with Crippen molar-refractivity contribution < 1.29 is 56.7 Å².